The fourth-order valence-corrected chi connectivity index (χ4v) is 2.73. The number of aromatic carboxylic acids is 1. The molecular weight excluding hydrogens is 332 g/mol. The Labute approximate surface area is 151 Å². The first-order valence-corrected chi connectivity index (χ1v) is 8.51. The minimum absolute atomic E-state index is 0.0505. The maximum atomic E-state index is 12.4. The van der Waals surface area contributed by atoms with Crippen LogP contribution in [0.15, 0.2) is 48.5 Å². The number of rotatable bonds is 7. The quantitative estimate of drug-likeness (QED) is 0.713. The van der Waals surface area contributed by atoms with Gasteiger partial charge in [0.25, 0.3) is 0 Å². The lowest BCUT2D eigenvalue weighted by atomic mass is 10.0. The lowest BCUT2D eigenvalue weighted by molar-refractivity contribution is -0.120. The largest absolute Gasteiger partial charge is 0.478 e. The Hall–Kier alpha value is -3.15. The fourth-order valence-electron chi connectivity index (χ4n) is 2.73. The average molecular weight is 352 g/mol. The number of carbonyl (C=O) groups excluding carboxylic acids is 2. The molecule has 2 aromatic carbocycles. The van der Waals surface area contributed by atoms with Crippen molar-refractivity contribution in [2.75, 3.05) is 5.32 Å². The second-order valence-electron chi connectivity index (χ2n) is 6.36. The van der Waals surface area contributed by atoms with Crippen molar-refractivity contribution in [3.63, 3.8) is 0 Å². The summed E-state index contributed by atoms with van der Waals surface area (Å²) >= 11 is 0. The first-order valence-electron chi connectivity index (χ1n) is 8.51. The molecule has 0 heterocycles. The maximum Gasteiger partial charge on any atom is 0.335 e. The van der Waals surface area contributed by atoms with Crippen LogP contribution in [0.1, 0.15) is 34.3 Å². The number of anilines is 1. The van der Waals surface area contributed by atoms with Crippen molar-refractivity contribution in [1.29, 1.82) is 0 Å². The normalized spacial score (nSPS) is 13.1. The minimum Gasteiger partial charge on any atom is -0.478 e. The summed E-state index contributed by atoms with van der Waals surface area (Å²) in [5.41, 5.74) is 1.85. The predicted molar refractivity (Wildman–Crippen MR) is 97.0 cm³/mol. The molecule has 134 valence electrons. The molecule has 0 bridgehead atoms. The smallest absolute Gasteiger partial charge is 0.335 e. The molecule has 0 radical (unpaired) electrons. The lowest BCUT2D eigenvalue weighted by Gasteiger charge is -2.12. The molecule has 26 heavy (non-hydrogen) atoms. The molecular formula is C20H20N2O4. The first kappa shape index (κ1) is 17.7. The van der Waals surface area contributed by atoms with Gasteiger partial charge in [-0.25, -0.2) is 4.79 Å². The molecule has 0 aliphatic heterocycles. The number of benzene rings is 2. The first-order chi connectivity index (χ1) is 12.5. The summed E-state index contributed by atoms with van der Waals surface area (Å²) in [6.07, 6.45) is 2.18. The van der Waals surface area contributed by atoms with E-state index >= 15 is 0 Å². The third-order valence-corrected chi connectivity index (χ3v) is 4.18. The van der Waals surface area contributed by atoms with Crippen molar-refractivity contribution in [2.24, 2.45) is 0 Å². The topological polar surface area (TPSA) is 95.5 Å². The van der Waals surface area contributed by atoms with Gasteiger partial charge < -0.3 is 15.7 Å². The average Bonchev–Trinajstić information content (AvgIpc) is 3.40. The highest BCUT2D eigenvalue weighted by atomic mass is 16.4. The molecule has 2 amide bonds. The van der Waals surface area contributed by atoms with Gasteiger partial charge in [-0.3, -0.25) is 9.59 Å². The SMILES string of the molecule is O=C(Cc1ccccc1C(=O)O)Nc1ccccc1CC(=O)NC1CC1. The van der Waals surface area contributed by atoms with Crippen LogP contribution in [0.3, 0.4) is 0 Å². The molecule has 0 atom stereocenters. The Balaban J connectivity index is 1.67. The summed E-state index contributed by atoms with van der Waals surface area (Å²) in [5, 5.41) is 14.9. The van der Waals surface area contributed by atoms with Gasteiger partial charge in [-0.1, -0.05) is 36.4 Å². The molecule has 6 heteroatoms. The van der Waals surface area contributed by atoms with Crippen LogP contribution in [-0.2, 0) is 22.4 Å². The zero-order chi connectivity index (χ0) is 18.5. The summed E-state index contributed by atoms with van der Waals surface area (Å²) in [4.78, 5) is 35.7. The fraction of sp³-hybridized carbons (Fsp3) is 0.250. The Morgan fingerprint density at radius 1 is 0.885 bits per heavy atom. The summed E-state index contributed by atoms with van der Waals surface area (Å²) in [6.45, 7) is 0. The van der Waals surface area contributed by atoms with E-state index in [1.807, 2.05) is 6.07 Å². The molecule has 1 aliphatic rings. The van der Waals surface area contributed by atoms with Crippen LogP contribution in [0, 0.1) is 0 Å². The van der Waals surface area contributed by atoms with Gasteiger partial charge in [0, 0.05) is 11.7 Å². The molecule has 1 saturated carbocycles. The molecule has 0 saturated heterocycles. The molecule has 0 aromatic heterocycles. The number of para-hydroxylation sites is 1. The van der Waals surface area contributed by atoms with E-state index in [9.17, 15) is 19.5 Å². The van der Waals surface area contributed by atoms with Crippen LogP contribution in [0.2, 0.25) is 0 Å². The van der Waals surface area contributed by atoms with Crippen LogP contribution in [0.25, 0.3) is 0 Å². The molecule has 1 aliphatic carbocycles. The maximum absolute atomic E-state index is 12.4. The number of hydrogen-bond donors (Lipinski definition) is 3. The molecule has 3 N–H and O–H groups in total. The zero-order valence-corrected chi connectivity index (χ0v) is 14.2. The lowest BCUT2D eigenvalue weighted by Crippen LogP contribution is -2.27. The minimum atomic E-state index is -1.06. The summed E-state index contributed by atoms with van der Waals surface area (Å²) in [5.74, 6) is -1.45. The van der Waals surface area contributed by atoms with E-state index < -0.39 is 5.97 Å². The molecule has 6 nitrogen and oxygen atoms in total. The van der Waals surface area contributed by atoms with Crippen LogP contribution in [0.4, 0.5) is 5.69 Å². The van der Waals surface area contributed by atoms with Crippen LogP contribution in [0.5, 0.6) is 0 Å². The van der Waals surface area contributed by atoms with E-state index in [2.05, 4.69) is 10.6 Å². The van der Waals surface area contributed by atoms with Gasteiger partial charge in [0.05, 0.1) is 18.4 Å². The zero-order valence-electron chi connectivity index (χ0n) is 14.2. The Morgan fingerprint density at radius 2 is 1.50 bits per heavy atom. The summed E-state index contributed by atoms with van der Waals surface area (Å²) < 4.78 is 0. The third kappa shape index (κ3) is 4.69. The molecule has 1 fully saturated rings. The highest BCUT2D eigenvalue weighted by Crippen LogP contribution is 2.20. The van der Waals surface area contributed by atoms with E-state index in [1.54, 1.807) is 36.4 Å². The predicted octanol–water partition coefficient (Wildman–Crippen LogP) is 2.39. The van der Waals surface area contributed by atoms with Gasteiger partial charge in [-0.15, -0.1) is 0 Å². The number of carboxylic acid groups (broad SMARTS) is 1. The van der Waals surface area contributed by atoms with E-state index in [0.29, 0.717) is 11.3 Å². The third-order valence-electron chi connectivity index (χ3n) is 4.18. The van der Waals surface area contributed by atoms with Crippen molar-refractivity contribution in [1.82, 2.24) is 5.32 Å². The molecule has 0 spiro atoms. The van der Waals surface area contributed by atoms with Gasteiger partial charge >= 0.3 is 5.97 Å². The standard InChI is InChI=1S/C20H20N2O4/c23-18(21-15-9-10-15)12-14-6-2-4-8-17(14)22-19(24)11-13-5-1-3-7-16(13)20(25)26/h1-8,15H,9-12H2,(H,21,23)(H,22,24)(H,25,26). The monoisotopic (exact) mass is 352 g/mol. The summed E-state index contributed by atoms with van der Waals surface area (Å²) in [7, 11) is 0. The molecule has 2 aromatic rings. The van der Waals surface area contributed by atoms with Crippen molar-refractivity contribution >= 4 is 23.5 Å². The van der Waals surface area contributed by atoms with E-state index in [4.69, 9.17) is 0 Å². The number of hydrogen-bond acceptors (Lipinski definition) is 3. The van der Waals surface area contributed by atoms with Crippen LogP contribution in [-0.4, -0.2) is 28.9 Å². The molecule has 3 rings (SSSR count). The van der Waals surface area contributed by atoms with Crippen molar-refractivity contribution < 1.29 is 19.5 Å². The van der Waals surface area contributed by atoms with Gasteiger partial charge in [-0.05, 0) is 36.1 Å². The molecule has 0 unspecified atom stereocenters. The van der Waals surface area contributed by atoms with E-state index in [-0.39, 0.29) is 36.3 Å². The van der Waals surface area contributed by atoms with Gasteiger partial charge in [0.1, 0.15) is 0 Å². The Morgan fingerprint density at radius 3 is 2.19 bits per heavy atom. The summed E-state index contributed by atoms with van der Waals surface area (Å²) in [6, 6.07) is 13.8. The second-order valence-corrected chi connectivity index (χ2v) is 6.36. The Bertz CT molecular complexity index is 843. The number of nitrogens with one attached hydrogen (secondary N) is 2. The van der Waals surface area contributed by atoms with Crippen molar-refractivity contribution in [2.45, 2.75) is 31.7 Å². The van der Waals surface area contributed by atoms with E-state index in [0.717, 1.165) is 18.4 Å². The second kappa shape index (κ2) is 7.82. The van der Waals surface area contributed by atoms with Gasteiger partial charge in [0.15, 0.2) is 0 Å². The number of carbonyl (C=O) groups is 3. The van der Waals surface area contributed by atoms with Crippen molar-refractivity contribution in [3.8, 4) is 0 Å². The van der Waals surface area contributed by atoms with Crippen LogP contribution >= 0.6 is 0 Å². The van der Waals surface area contributed by atoms with Crippen molar-refractivity contribution in [3.05, 3.63) is 65.2 Å². The number of amides is 2. The number of carboxylic acids is 1. The van der Waals surface area contributed by atoms with Gasteiger partial charge in [0.2, 0.25) is 11.8 Å². The Kier molecular flexibility index (Phi) is 5.31. The highest BCUT2D eigenvalue weighted by Gasteiger charge is 2.23. The van der Waals surface area contributed by atoms with Crippen LogP contribution < -0.4 is 10.6 Å². The van der Waals surface area contributed by atoms with E-state index in [1.165, 1.54) is 6.07 Å². The highest BCUT2D eigenvalue weighted by molar-refractivity contribution is 5.97. The van der Waals surface area contributed by atoms with Gasteiger partial charge in [-0.2, -0.15) is 0 Å².